The number of anilines is 2. The second-order valence-corrected chi connectivity index (χ2v) is 7.03. The van der Waals surface area contributed by atoms with Crippen molar-refractivity contribution in [2.45, 2.75) is 19.9 Å². The number of benzene rings is 2. The molecule has 0 amide bonds. The van der Waals surface area contributed by atoms with Gasteiger partial charge in [-0.25, -0.2) is 5.10 Å². The van der Waals surface area contributed by atoms with Crippen molar-refractivity contribution in [3.05, 3.63) is 75.6 Å². The Balaban J connectivity index is 1.74. The normalized spacial score (nSPS) is 14.5. The zero-order chi connectivity index (χ0) is 20.7. The minimum atomic E-state index is -0.423. The molecule has 2 aromatic heterocycles. The molecule has 150 valence electrons. The molecule has 30 heavy (non-hydrogen) atoms. The Hall–Kier alpha value is -4.01. The maximum Gasteiger partial charge on any atom is 0.288 e. The first-order valence-corrected chi connectivity index (χ1v) is 9.63. The third-order valence-corrected chi connectivity index (χ3v) is 5.10. The van der Waals surface area contributed by atoms with Crippen LogP contribution in [-0.4, -0.2) is 37.0 Å². The summed E-state index contributed by atoms with van der Waals surface area (Å²) >= 11 is 0. The summed E-state index contributed by atoms with van der Waals surface area (Å²) in [5.41, 5.74) is 4.38. The summed E-state index contributed by atoms with van der Waals surface area (Å²) in [5, 5.41) is 22.0. The van der Waals surface area contributed by atoms with E-state index in [1.807, 2.05) is 62.4 Å². The Morgan fingerprint density at radius 3 is 2.60 bits per heavy atom. The molecule has 2 aromatic carbocycles. The van der Waals surface area contributed by atoms with Crippen LogP contribution in [0.2, 0.25) is 0 Å². The molecule has 0 radical (unpaired) electrons. The molecule has 0 spiro atoms. The maximum absolute atomic E-state index is 12.7. The first-order valence-electron chi connectivity index (χ1n) is 9.63. The molecule has 0 saturated carbocycles. The topological polar surface area (TPSA) is 111 Å². The van der Waals surface area contributed by atoms with Gasteiger partial charge < -0.3 is 10.1 Å². The van der Waals surface area contributed by atoms with Crippen molar-refractivity contribution in [3.63, 3.8) is 0 Å². The van der Waals surface area contributed by atoms with Crippen LogP contribution in [0.4, 0.5) is 11.6 Å². The van der Waals surface area contributed by atoms with E-state index >= 15 is 0 Å². The lowest BCUT2D eigenvalue weighted by Crippen LogP contribution is -2.29. The van der Waals surface area contributed by atoms with Crippen LogP contribution in [0.5, 0.6) is 5.75 Å². The summed E-state index contributed by atoms with van der Waals surface area (Å²) in [6, 6.07) is 15.3. The van der Waals surface area contributed by atoms with Gasteiger partial charge in [0, 0.05) is 11.1 Å². The summed E-state index contributed by atoms with van der Waals surface area (Å²) in [6.45, 7) is 4.55. The highest BCUT2D eigenvalue weighted by molar-refractivity contribution is 5.75. The van der Waals surface area contributed by atoms with E-state index in [1.54, 1.807) is 4.68 Å². The molecule has 3 heterocycles. The third-order valence-electron chi connectivity index (χ3n) is 5.10. The molecule has 2 N–H and O–H groups in total. The molecule has 0 bridgehead atoms. The zero-order valence-corrected chi connectivity index (χ0v) is 16.5. The standard InChI is InChI=1S/C21H19N7O2/c1-3-30-15-10-8-14(9-11-15)19-16-17(13-6-4-12(2)5-7-13)23-24-20(29)18(16)22-21-25-26-27-28(19)21/h4-11,19H,3H2,1-2H3,(H,24,29)(H,22,25,27). The van der Waals surface area contributed by atoms with Gasteiger partial charge in [-0.05, 0) is 42.0 Å². The number of rotatable bonds is 4. The van der Waals surface area contributed by atoms with E-state index in [9.17, 15) is 4.79 Å². The highest BCUT2D eigenvalue weighted by Crippen LogP contribution is 2.41. The van der Waals surface area contributed by atoms with Crippen molar-refractivity contribution < 1.29 is 4.74 Å². The second kappa shape index (κ2) is 7.11. The number of tetrazole rings is 1. The smallest absolute Gasteiger partial charge is 0.288 e. The zero-order valence-electron chi connectivity index (χ0n) is 16.5. The van der Waals surface area contributed by atoms with Gasteiger partial charge in [-0.1, -0.05) is 47.1 Å². The molecule has 9 heteroatoms. The first-order chi connectivity index (χ1) is 14.7. The van der Waals surface area contributed by atoms with Crippen LogP contribution >= 0.6 is 0 Å². The summed E-state index contributed by atoms with van der Waals surface area (Å²) in [7, 11) is 0. The fourth-order valence-corrected chi connectivity index (χ4v) is 3.69. The monoisotopic (exact) mass is 401 g/mol. The van der Waals surface area contributed by atoms with Crippen LogP contribution in [0, 0.1) is 6.92 Å². The Morgan fingerprint density at radius 1 is 1.10 bits per heavy atom. The van der Waals surface area contributed by atoms with E-state index < -0.39 is 6.04 Å². The van der Waals surface area contributed by atoms with E-state index in [2.05, 4.69) is 31.0 Å². The van der Waals surface area contributed by atoms with Gasteiger partial charge in [-0.15, -0.1) is 0 Å². The highest BCUT2D eigenvalue weighted by Gasteiger charge is 2.34. The van der Waals surface area contributed by atoms with Gasteiger partial charge in [-0.2, -0.15) is 9.78 Å². The van der Waals surface area contributed by atoms with Crippen molar-refractivity contribution in [1.29, 1.82) is 0 Å². The summed E-state index contributed by atoms with van der Waals surface area (Å²) in [4.78, 5) is 12.7. The van der Waals surface area contributed by atoms with Gasteiger partial charge in [-0.3, -0.25) is 4.79 Å². The lowest BCUT2D eigenvalue weighted by atomic mass is 9.92. The summed E-state index contributed by atoms with van der Waals surface area (Å²) in [5.74, 6) is 1.17. The number of ether oxygens (including phenoxy) is 1. The average molecular weight is 401 g/mol. The Bertz CT molecular complexity index is 1260. The number of nitrogens with one attached hydrogen (secondary N) is 2. The van der Waals surface area contributed by atoms with Gasteiger partial charge in [0.25, 0.3) is 5.56 Å². The number of hydrogen-bond donors (Lipinski definition) is 2. The minimum Gasteiger partial charge on any atom is -0.494 e. The molecular formula is C21H19N7O2. The average Bonchev–Trinajstić information content (AvgIpc) is 3.23. The predicted molar refractivity (Wildman–Crippen MR) is 111 cm³/mol. The Morgan fingerprint density at radius 2 is 1.87 bits per heavy atom. The molecule has 9 nitrogen and oxygen atoms in total. The van der Waals surface area contributed by atoms with E-state index in [4.69, 9.17) is 4.74 Å². The SMILES string of the molecule is CCOc1ccc(C2c3c(-c4ccc(C)cc4)n[nH]c(=O)c3Nc3nnnn32)cc1. The maximum atomic E-state index is 12.7. The second-order valence-electron chi connectivity index (χ2n) is 7.03. The van der Waals surface area contributed by atoms with Crippen LogP contribution in [0.1, 0.15) is 29.7 Å². The molecule has 0 saturated heterocycles. The molecule has 1 atom stereocenters. The van der Waals surface area contributed by atoms with Crippen LogP contribution < -0.4 is 15.6 Å². The molecule has 1 unspecified atom stereocenters. The van der Waals surface area contributed by atoms with Crippen molar-refractivity contribution in [2.24, 2.45) is 0 Å². The van der Waals surface area contributed by atoms with Crippen molar-refractivity contribution in [3.8, 4) is 17.0 Å². The molecular weight excluding hydrogens is 382 g/mol. The fourth-order valence-electron chi connectivity index (χ4n) is 3.69. The Labute approximate surface area is 171 Å². The number of H-pyrrole nitrogens is 1. The van der Waals surface area contributed by atoms with Crippen LogP contribution in [0.25, 0.3) is 11.3 Å². The molecule has 0 fully saturated rings. The number of aromatic nitrogens is 6. The number of nitrogens with zero attached hydrogens (tertiary/aromatic N) is 5. The van der Waals surface area contributed by atoms with Crippen LogP contribution in [-0.2, 0) is 0 Å². The first kappa shape index (κ1) is 18.0. The third kappa shape index (κ3) is 2.91. The van der Waals surface area contributed by atoms with Gasteiger partial charge >= 0.3 is 0 Å². The van der Waals surface area contributed by atoms with Crippen molar-refractivity contribution >= 4 is 11.6 Å². The molecule has 4 aromatic rings. The van der Waals surface area contributed by atoms with Gasteiger partial charge in [0.2, 0.25) is 5.95 Å². The summed E-state index contributed by atoms with van der Waals surface area (Å²) < 4.78 is 7.23. The fraction of sp³-hybridized carbons (Fsp3) is 0.190. The number of fused-ring (bicyclic) bond motifs is 2. The number of hydrogen-bond acceptors (Lipinski definition) is 7. The van der Waals surface area contributed by atoms with Gasteiger partial charge in [0.05, 0.1) is 12.3 Å². The van der Waals surface area contributed by atoms with Crippen molar-refractivity contribution in [2.75, 3.05) is 11.9 Å². The number of aromatic amines is 1. The van der Waals surface area contributed by atoms with E-state index in [0.29, 0.717) is 29.5 Å². The van der Waals surface area contributed by atoms with E-state index in [0.717, 1.165) is 22.4 Å². The summed E-state index contributed by atoms with van der Waals surface area (Å²) in [6.07, 6.45) is 0. The van der Waals surface area contributed by atoms with E-state index in [1.165, 1.54) is 0 Å². The molecule has 5 rings (SSSR count). The lowest BCUT2D eigenvalue weighted by Gasteiger charge is -2.28. The minimum absolute atomic E-state index is 0.328. The molecule has 1 aliphatic heterocycles. The van der Waals surface area contributed by atoms with Crippen LogP contribution in [0.3, 0.4) is 0 Å². The van der Waals surface area contributed by atoms with Crippen molar-refractivity contribution in [1.82, 2.24) is 30.4 Å². The van der Waals surface area contributed by atoms with Gasteiger partial charge in [0.1, 0.15) is 17.5 Å². The van der Waals surface area contributed by atoms with E-state index in [-0.39, 0.29) is 5.56 Å². The predicted octanol–water partition coefficient (Wildman–Crippen LogP) is 2.83. The molecule has 1 aliphatic rings. The molecule has 0 aliphatic carbocycles. The van der Waals surface area contributed by atoms with Crippen LogP contribution in [0.15, 0.2) is 53.3 Å². The van der Waals surface area contributed by atoms with Gasteiger partial charge in [0.15, 0.2) is 0 Å². The quantitative estimate of drug-likeness (QED) is 0.476. The lowest BCUT2D eigenvalue weighted by molar-refractivity contribution is 0.340. The highest BCUT2D eigenvalue weighted by atomic mass is 16.5. The Kier molecular flexibility index (Phi) is 4.27. The largest absolute Gasteiger partial charge is 0.494 e. The number of aryl methyl sites for hydroxylation is 1.